The quantitative estimate of drug-likeness (QED) is 0.259. The minimum atomic E-state index is -0.822. The Balaban J connectivity index is 3.33. The maximum absolute atomic E-state index is 12.0. The van der Waals surface area contributed by atoms with Crippen LogP contribution in [0.25, 0.3) is 0 Å². The maximum Gasteiger partial charge on any atom is 0.342 e. The van der Waals surface area contributed by atoms with Crippen LogP contribution < -0.4 is 5.32 Å². The predicted octanol–water partition coefficient (Wildman–Crippen LogP) is 3.88. The van der Waals surface area contributed by atoms with Crippen molar-refractivity contribution in [2.75, 3.05) is 19.0 Å². The zero-order valence-electron chi connectivity index (χ0n) is 13.0. The number of anilines is 1. The number of esters is 2. The Morgan fingerprint density at radius 2 is 1.83 bits per heavy atom. The molecule has 9 heteroatoms. The van der Waals surface area contributed by atoms with Gasteiger partial charge in [-0.25, -0.2) is 9.59 Å². The lowest BCUT2D eigenvalue weighted by atomic mass is 10.1. The molecule has 6 nitrogen and oxygen atoms in total. The van der Waals surface area contributed by atoms with Gasteiger partial charge in [0.1, 0.15) is 11.1 Å². The number of rotatable bonds is 6. The van der Waals surface area contributed by atoms with E-state index in [1.807, 2.05) is 0 Å². The van der Waals surface area contributed by atoms with Gasteiger partial charge in [-0.2, -0.15) is 0 Å². The summed E-state index contributed by atoms with van der Waals surface area (Å²) in [5.41, 5.74) is -0.194. The summed E-state index contributed by atoms with van der Waals surface area (Å²) in [6, 6.07) is 1.35. The van der Waals surface area contributed by atoms with E-state index >= 15 is 0 Å². The molecule has 1 rings (SSSR count). The van der Waals surface area contributed by atoms with Crippen molar-refractivity contribution in [3.8, 4) is 0 Å². The average Bonchev–Trinajstić information content (AvgIpc) is 2.52. The van der Waals surface area contributed by atoms with Gasteiger partial charge in [0.15, 0.2) is 5.78 Å². The first-order valence-corrected chi connectivity index (χ1v) is 7.78. The topological polar surface area (TPSA) is 81.7 Å². The molecule has 0 spiro atoms. The first-order valence-electron chi connectivity index (χ1n) is 6.65. The highest BCUT2D eigenvalue weighted by molar-refractivity contribution is 6.47. The van der Waals surface area contributed by atoms with Gasteiger partial charge in [0, 0.05) is 6.20 Å². The average molecular weight is 395 g/mol. The monoisotopic (exact) mass is 393 g/mol. The van der Waals surface area contributed by atoms with Crippen LogP contribution >= 0.6 is 34.8 Å². The van der Waals surface area contributed by atoms with Crippen LogP contribution in [-0.4, -0.2) is 31.4 Å². The number of ether oxygens (including phenoxy) is 2. The van der Waals surface area contributed by atoms with E-state index in [1.165, 1.54) is 13.0 Å². The summed E-state index contributed by atoms with van der Waals surface area (Å²) in [6.45, 7) is 2.95. The van der Waals surface area contributed by atoms with Crippen molar-refractivity contribution in [2.45, 2.75) is 13.8 Å². The second kappa shape index (κ2) is 8.92. The van der Waals surface area contributed by atoms with Crippen molar-refractivity contribution in [2.24, 2.45) is 0 Å². The molecule has 0 fully saturated rings. The van der Waals surface area contributed by atoms with Crippen LogP contribution in [0.15, 0.2) is 17.8 Å². The normalized spacial score (nSPS) is 11.0. The minimum Gasteiger partial charge on any atom is -0.465 e. The largest absolute Gasteiger partial charge is 0.465 e. The molecule has 0 bridgehead atoms. The summed E-state index contributed by atoms with van der Waals surface area (Å²) in [6.07, 6.45) is 1.11. The molecule has 1 N–H and O–H groups in total. The molecule has 0 aliphatic carbocycles. The van der Waals surface area contributed by atoms with E-state index in [4.69, 9.17) is 39.5 Å². The SMILES string of the molecule is CCOC(=O)c1c(Cl)c(Cl)cc(NC=C(C(C)=O)C(=O)OC)c1Cl. The molecule has 1 aromatic carbocycles. The van der Waals surface area contributed by atoms with E-state index < -0.39 is 17.7 Å². The molecule has 24 heavy (non-hydrogen) atoms. The predicted molar refractivity (Wildman–Crippen MR) is 91.8 cm³/mol. The molecule has 0 aliphatic rings. The molecule has 0 atom stereocenters. The summed E-state index contributed by atoms with van der Waals surface area (Å²) < 4.78 is 9.39. The van der Waals surface area contributed by atoms with Crippen LogP contribution in [0.5, 0.6) is 0 Å². The van der Waals surface area contributed by atoms with Crippen molar-refractivity contribution >= 4 is 58.2 Å². The summed E-state index contributed by atoms with van der Waals surface area (Å²) in [7, 11) is 1.14. The summed E-state index contributed by atoms with van der Waals surface area (Å²) in [4.78, 5) is 35.0. The highest BCUT2D eigenvalue weighted by Gasteiger charge is 2.22. The number of ketones is 1. The molecule has 0 aromatic heterocycles. The van der Waals surface area contributed by atoms with Crippen molar-refractivity contribution in [3.63, 3.8) is 0 Å². The van der Waals surface area contributed by atoms with E-state index in [9.17, 15) is 14.4 Å². The van der Waals surface area contributed by atoms with Gasteiger partial charge in [-0.3, -0.25) is 4.79 Å². The Labute approximate surface area is 153 Å². The van der Waals surface area contributed by atoms with Gasteiger partial charge >= 0.3 is 11.9 Å². The number of nitrogens with one attached hydrogen (secondary N) is 1. The van der Waals surface area contributed by atoms with Crippen LogP contribution in [-0.2, 0) is 19.1 Å². The van der Waals surface area contributed by atoms with E-state index in [0.717, 1.165) is 13.3 Å². The van der Waals surface area contributed by atoms with Gasteiger partial charge in [0.2, 0.25) is 0 Å². The standard InChI is InChI=1S/C15H14Cl3NO5/c1-4-24-15(22)11-12(17)9(16)5-10(13(11)18)19-6-8(7(2)20)14(21)23-3/h5-6,19H,4H2,1-3H3. The van der Waals surface area contributed by atoms with Crippen molar-refractivity contribution < 1.29 is 23.9 Å². The summed E-state index contributed by atoms with van der Waals surface area (Å²) in [5, 5.41) is 2.57. The second-order valence-corrected chi connectivity index (χ2v) is 5.54. The van der Waals surface area contributed by atoms with Crippen LogP contribution in [0.2, 0.25) is 15.1 Å². The molecule has 0 aliphatic heterocycles. The highest BCUT2D eigenvalue weighted by Crippen LogP contribution is 2.38. The fraction of sp³-hybridized carbons (Fsp3) is 0.267. The zero-order valence-corrected chi connectivity index (χ0v) is 15.3. The molecule has 130 valence electrons. The Bertz CT molecular complexity index is 716. The Morgan fingerprint density at radius 3 is 2.33 bits per heavy atom. The second-order valence-electron chi connectivity index (χ2n) is 4.38. The van der Waals surface area contributed by atoms with E-state index in [2.05, 4.69) is 10.1 Å². The van der Waals surface area contributed by atoms with E-state index in [1.54, 1.807) is 6.92 Å². The molecule has 0 saturated heterocycles. The molecular weight excluding hydrogens is 381 g/mol. The fourth-order valence-corrected chi connectivity index (χ4v) is 2.41. The molecule has 0 radical (unpaired) electrons. The van der Waals surface area contributed by atoms with Crippen LogP contribution in [0, 0.1) is 0 Å². The number of hydrogen-bond acceptors (Lipinski definition) is 6. The molecule has 0 amide bonds. The Hall–Kier alpha value is -1.76. The number of carbonyl (C=O) groups is 3. The molecule has 1 aromatic rings. The van der Waals surface area contributed by atoms with Gasteiger partial charge in [-0.1, -0.05) is 34.8 Å². The Morgan fingerprint density at radius 1 is 1.21 bits per heavy atom. The number of halogens is 3. The van der Waals surface area contributed by atoms with E-state index in [-0.39, 0.29) is 38.5 Å². The van der Waals surface area contributed by atoms with Crippen LogP contribution in [0.4, 0.5) is 5.69 Å². The highest BCUT2D eigenvalue weighted by atomic mass is 35.5. The number of Topliss-reactive ketones (excluding diaryl/α,β-unsaturated/α-hetero) is 1. The lowest BCUT2D eigenvalue weighted by Crippen LogP contribution is -2.13. The smallest absolute Gasteiger partial charge is 0.342 e. The molecule has 0 unspecified atom stereocenters. The van der Waals surface area contributed by atoms with Crippen LogP contribution in [0.3, 0.4) is 0 Å². The first kappa shape index (κ1) is 20.3. The first-order chi connectivity index (χ1) is 11.2. The number of carbonyl (C=O) groups excluding carboxylic acids is 3. The van der Waals surface area contributed by atoms with Crippen molar-refractivity contribution in [1.82, 2.24) is 0 Å². The van der Waals surface area contributed by atoms with Crippen molar-refractivity contribution in [1.29, 1.82) is 0 Å². The van der Waals surface area contributed by atoms with Gasteiger partial charge in [0.25, 0.3) is 0 Å². The van der Waals surface area contributed by atoms with Gasteiger partial charge in [-0.15, -0.1) is 0 Å². The number of methoxy groups -OCH3 is 1. The van der Waals surface area contributed by atoms with E-state index in [0.29, 0.717) is 0 Å². The van der Waals surface area contributed by atoms with Gasteiger partial charge in [-0.05, 0) is 19.9 Å². The number of hydrogen-bond donors (Lipinski definition) is 1. The Kier molecular flexibility index (Phi) is 7.54. The minimum absolute atomic E-state index is 0.0439. The lowest BCUT2D eigenvalue weighted by Gasteiger charge is -2.13. The maximum atomic E-state index is 12.0. The van der Waals surface area contributed by atoms with Crippen molar-refractivity contribution in [3.05, 3.63) is 38.5 Å². The third kappa shape index (κ3) is 4.63. The summed E-state index contributed by atoms with van der Waals surface area (Å²) in [5.74, 6) is -2.09. The van der Waals surface area contributed by atoms with Gasteiger partial charge in [0.05, 0.1) is 34.5 Å². The third-order valence-electron chi connectivity index (χ3n) is 2.79. The fourth-order valence-electron chi connectivity index (χ4n) is 1.66. The number of benzene rings is 1. The third-order valence-corrected chi connectivity index (χ3v) is 3.97. The van der Waals surface area contributed by atoms with Gasteiger partial charge < -0.3 is 14.8 Å². The zero-order chi connectivity index (χ0) is 18.4. The lowest BCUT2D eigenvalue weighted by molar-refractivity contribution is -0.137. The molecule has 0 saturated carbocycles. The molecule has 0 heterocycles. The molecular formula is C15H14Cl3NO5. The van der Waals surface area contributed by atoms with Crippen LogP contribution in [0.1, 0.15) is 24.2 Å². The summed E-state index contributed by atoms with van der Waals surface area (Å²) >= 11 is 18.1.